The molecule has 5 heteroatoms. The second kappa shape index (κ2) is 4.46. The molecule has 0 N–H and O–H groups in total. The number of fused-ring (bicyclic) bond motifs is 1. The van der Waals surface area contributed by atoms with Crippen LogP contribution in [0.25, 0.3) is 0 Å². The molecular formula is C14H14ClNO3. The highest BCUT2D eigenvalue weighted by Gasteiger charge is 2.46. The van der Waals surface area contributed by atoms with E-state index >= 15 is 0 Å². The molecule has 0 bridgehead atoms. The number of hydrogen-bond acceptors (Lipinski definition) is 3. The molecule has 0 fully saturated rings. The molecule has 0 aliphatic carbocycles. The molecule has 1 aromatic rings. The lowest BCUT2D eigenvalue weighted by molar-refractivity contribution is -0.118. The lowest BCUT2D eigenvalue weighted by Gasteiger charge is -2.33. The predicted octanol–water partition coefficient (Wildman–Crippen LogP) is 2.46. The zero-order valence-corrected chi connectivity index (χ0v) is 11.7. The third kappa shape index (κ3) is 2.16. The van der Waals surface area contributed by atoms with E-state index in [1.807, 2.05) is 0 Å². The largest absolute Gasteiger partial charge is 0.279 e. The molecule has 1 atom stereocenters. The first-order valence-electron chi connectivity index (χ1n) is 5.91. The van der Waals surface area contributed by atoms with Gasteiger partial charge in [-0.05, 0) is 29.1 Å². The summed E-state index contributed by atoms with van der Waals surface area (Å²) in [6.45, 7) is 5.30. The van der Waals surface area contributed by atoms with Crippen molar-refractivity contribution in [2.75, 3.05) is 0 Å². The summed E-state index contributed by atoms with van der Waals surface area (Å²) >= 11 is 5.60. The van der Waals surface area contributed by atoms with Crippen molar-refractivity contribution in [3.63, 3.8) is 0 Å². The Morgan fingerprint density at radius 2 is 1.53 bits per heavy atom. The summed E-state index contributed by atoms with van der Waals surface area (Å²) in [5, 5.41) is -0.706. The number of carbonyl (C=O) groups excluding carboxylic acids is 3. The van der Waals surface area contributed by atoms with Gasteiger partial charge in [-0.1, -0.05) is 32.9 Å². The van der Waals surface area contributed by atoms with Crippen LogP contribution in [0, 0.1) is 5.41 Å². The van der Waals surface area contributed by atoms with Crippen LogP contribution < -0.4 is 0 Å². The summed E-state index contributed by atoms with van der Waals surface area (Å²) in [5.41, 5.74) is 0.0194. The number of benzene rings is 1. The lowest BCUT2D eigenvalue weighted by Crippen LogP contribution is -2.50. The molecule has 1 aliphatic heterocycles. The molecular weight excluding hydrogens is 266 g/mol. The fourth-order valence-electron chi connectivity index (χ4n) is 2.27. The minimum Gasteiger partial charge on any atom is -0.279 e. The topological polar surface area (TPSA) is 54.5 Å². The highest BCUT2D eigenvalue weighted by atomic mass is 35.5. The third-order valence-electron chi connectivity index (χ3n) is 3.12. The van der Waals surface area contributed by atoms with Gasteiger partial charge in [0, 0.05) is 0 Å². The van der Waals surface area contributed by atoms with Gasteiger partial charge in [0.15, 0.2) is 0 Å². The van der Waals surface area contributed by atoms with Crippen molar-refractivity contribution in [1.82, 2.24) is 4.90 Å². The first-order chi connectivity index (χ1) is 8.75. The first kappa shape index (κ1) is 13.7. The number of rotatable bonds is 2. The average Bonchev–Trinajstić information content (AvgIpc) is 2.53. The van der Waals surface area contributed by atoms with Crippen LogP contribution in [0.1, 0.15) is 41.5 Å². The van der Waals surface area contributed by atoms with Gasteiger partial charge >= 0.3 is 0 Å². The second-order valence-electron chi connectivity index (χ2n) is 5.60. The average molecular weight is 280 g/mol. The summed E-state index contributed by atoms with van der Waals surface area (Å²) in [5.74, 6) is -0.927. The van der Waals surface area contributed by atoms with Crippen molar-refractivity contribution in [3.05, 3.63) is 35.4 Å². The second-order valence-corrected chi connectivity index (χ2v) is 5.97. The Labute approximate surface area is 116 Å². The molecule has 1 aliphatic rings. The van der Waals surface area contributed by atoms with Crippen LogP contribution in [0.2, 0.25) is 0 Å². The molecule has 19 heavy (non-hydrogen) atoms. The van der Waals surface area contributed by atoms with Crippen molar-refractivity contribution in [2.24, 2.45) is 5.41 Å². The molecule has 0 saturated carbocycles. The summed E-state index contributed by atoms with van der Waals surface area (Å²) in [7, 11) is 0. The number of amides is 2. The Kier molecular flexibility index (Phi) is 3.22. The highest BCUT2D eigenvalue weighted by Crippen LogP contribution is 2.33. The molecule has 0 unspecified atom stereocenters. The maximum Gasteiger partial charge on any atom is 0.262 e. The number of halogens is 1. The standard InChI is InChI=1S/C14H14ClNO3/c1-14(2,3)10(11(15)17)16-12(18)8-6-4-5-7-9(8)13(16)19/h4-7,10H,1-3H3/t10-/m1/s1. The molecule has 0 aromatic heterocycles. The molecule has 2 rings (SSSR count). The van der Waals surface area contributed by atoms with Gasteiger partial charge in [0.2, 0.25) is 5.24 Å². The number of hydrogen-bond donors (Lipinski definition) is 0. The summed E-state index contributed by atoms with van der Waals surface area (Å²) in [6, 6.07) is 5.55. The molecule has 100 valence electrons. The lowest BCUT2D eigenvalue weighted by atomic mass is 9.86. The Balaban J connectivity index is 2.52. The van der Waals surface area contributed by atoms with Crippen LogP contribution in [0.5, 0.6) is 0 Å². The SMILES string of the molecule is CC(C)(C)[C@@H](C(=O)Cl)N1C(=O)c2ccccc2C1=O. The van der Waals surface area contributed by atoms with Crippen molar-refractivity contribution in [3.8, 4) is 0 Å². The van der Waals surface area contributed by atoms with Gasteiger partial charge in [-0.2, -0.15) is 0 Å². The van der Waals surface area contributed by atoms with Gasteiger partial charge in [-0.25, -0.2) is 0 Å². The summed E-state index contributed by atoms with van der Waals surface area (Å²) in [6.07, 6.45) is 0. The van der Waals surface area contributed by atoms with E-state index in [1.165, 1.54) is 0 Å². The van der Waals surface area contributed by atoms with Gasteiger partial charge in [0.1, 0.15) is 6.04 Å². The van der Waals surface area contributed by atoms with Crippen molar-refractivity contribution in [2.45, 2.75) is 26.8 Å². The normalized spacial score (nSPS) is 16.5. The molecule has 1 aromatic carbocycles. The van der Waals surface area contributed by atoms with Gasteiger partial charge in [-0.15, -0.1) is 0 Å². The van der Waals surface area contributed by atoms with E-state index in [4.69, 9.17) is 11.6 Å². The van der Waals surface area contributed by atoms with E-state index in [0.717, 1.165) is 4.90 Å². The first-order valence-corrected chi connectivity index (χ1v) is 6.29. The van der Waals surface area contributed by atoms with Crippen LogP contribution in [0.3, 0.4) is 0 Å². The molecule has 1 heterocycles. The molecule has 4 nitrogen and oxygen atoms in total. The molecule has 0 saturated heterocycles. The zero-order chi connectivity index (χ0) is 14.4. The van der Waals surface area contributed by atoms with E-state index in [9.17, 15) is 14.4 Å². The Bertz CT molecular complexity index is 539. The van der Waals surface area contributed by atoms with Crippen LogP contribution >= 0.6 is 11.6 Å². The predicted molar refractivity (Wildman–Crippen MR) is 71.0 cm³/mol. The van der Waals surface area contributed by atoms with E-state index in [0.29, 0.717) is 11.1 Å². The maximum absolute atomic E-state index is 12.3. The third-order valence-corrected chi connectivity index (χ3v) is 3.33. The minimum atomic E-state index is -0.971. The Morgan fingerprint density at radius 3 is 1.84 bits per heavy atom. The summed E-state index contributed by atoms with van der Waals surface area (Å²) < 4.78 is 0. The fraction of sp³-hybridized carbons (Fsp3) is 0.357. The van der Waals surface area contributed by atoms with E-state index in [2.05, 4.69) is 0 Å². The van der Waals surface area contributed by atoms with Crippen LogP contribution in [-0.2, 0) is 4.79 Å². The van der Waals surface area contributed by atoms with E-state index < -0.39 is 28.5 Å². The van der Waals surface area contributed by atoms with Crippen molar-refractivity contribution in [1.29, 1.82) is 0 Å². The van der Waals surface area contributed by atoms with Gasteiger partial charge in [0.25, 0.3) is 11.8 Å². The Morgan fingerprint density at radius 1 is 1.11 bits per heavy atom. The number of imide groups is 1. The molecule has 2 amide bonds. The fourth-order valence-corrected chi connectivity index (χ4v) is 2.70. The monoisotopic (exact) mass is 279 g/mol. The minimum absolute atomic E-state index is 0.319. The summed E-state index contributed by atoms with van der Waals surface area (Å²) in [4.78, 5) is 37.2. The van der Waals surface area contributed by atoms with Crippen LogP contribution in [0.4, 0.5) is 0 Å². The van der Waals surface area contributed by atoms with Gasteiger partial charge in [0.05, 0.1) is 11.1 Å². The quantitative estimate of drug-likeness (QED) is 0.617. The van der Waals surface area contributed by atoms with E-state index in [-0.39, 0.29) is 0 Å². The number of nitrogens with zero attached hydrogens (tertiary/aromatic N) is 1. The molecule has 0 spiro atoms. The van der Waals surface area contributed by atoms with Crippen molar-refractivity contribution < 1.29 is 14.4 Å². The number of carbonyl (C=O) groups is 3. The van der Waals surface area contributed by atoms with Gasteiger partial charge < -0.3 is 0 Å². The Hall–Kier alpha value is -1.68. The van der Waals surface area contributed by atoms with Crippen LogP contribution in [0.15, 0.2) is 24.3 Å². The van der Waals surface area contributed by atoms with Crippen LogP contribution in [-0.4, -0.2) is 28.0 Å². The maximum atomic E-state index is 12.3. The zero-order valence-electron chi connectivity index (χ0n) is 10.9. The smallest absolute Gasteiger partial charge is 0.262 e. The van der Waals surface area contributed by atoms with Crippen molar-refractivity contribution >= 4 is 28.7 Å². The molecule has 0 radical (unpaired) electrons. The highest BCUT2D eigenvalue weighted by molar-refractivity contribution is 6.65. The van der Waals surface area contributed by atoms with Gasteiger partial charge in [-0.3, -0.25) is 19.3 Å². The van der Waals surface area contributed by atoms with E-state index in [1.54, 1.807) is 45.0 Å².